The highest BCUT2D eigenvalue weighted by molar-refractivity contribution is 5.79. The van der Waals surface area contributed by atoms with Crippen LogP contribution in [0.3, 0.4) is 0 Å². The van der Waals surface area contributed by atoms with E-state index in [9.17, 15) is 9.90 Å². The first-order chi connectivity index (χ1) is 6.11. The SMILES string of the molecule is CC1(C2(C(=O)O)CC2)CCCCC1. The maximum absolute atomic E-state index is 11.2. The molecule has 0 spiro atoms. The predicted octanol–water partition coefficient (Wildman–Crippen LogP) is 2.82. The first-order valence-electron chi connectivity index (χ1n) is 5.34. The highest BCUT2D eigenvalue weighted by Gasteiger charge is 2.61. The van der Waals surface area contributed by atoms with Gasteiger partial charge in [-0.25, -0.2) is 0 Å². The topological polar surface area (TPSA) is 37.3 Å². The molecule has 2 saturated carbocycles. The summed E-state index contributed by atoms with van der Waals surface area (Å²) in [6.45, 7) is 2.19. The molecule has 0 heterocycles. The van der Waals surface area contributed by atoms with Crippen LogP contribution in [0.1, 0.15) is 51.9 Å². The van der Waals surface area contributed by atoms with Gasteiger partial charge >= 0.3 is 5.97 Å². The van der Waals surface area contributed by atoms with Crippen molar-refractivity contribution in [1.29, 1.82) is 0 Å². The maximum Gasteiger partial charge on any atom is 0.310 e. The molecule has 0 aliphatic heterocycles. The molecule has 0 atom stereocenters. The molecule has 1 N–H and O–H groups in total. The number of hydrogen-bond acceptors (Lipinski definition) is 1. The Morgan fingerprint density at radius 2 is 1.62 bits per heavy atom. The van der Waals surface area contributed by atoms with Gasteiger partial charge in [-0.3, -0.25) is 4.79 Å². The van der Waals surface area contributed by atoms with Gasteiger partial charge in [-0.15, -0.1) is 0 Å². The lowest BCUT2D eigenvalue weighted by Crippen LogP contribution is -2.37. The summed E-state index contributed by atoms with van der Waals surface area (Å²) in [5, 5.41) is 9.22. The summed E-state index contributed by atoms with van der Waals surface area (Å²) in [5.74, 6) is -0.545. The summed E-state index contributed by atoms with van der Waals surface area (Å²) in [7, 11) is 0. The Hall–Kier alpha value is -0.530. The van der Waals surface area contributed by atoms with E-state index in [-0.39, 0.29) is 10.8 Å². The van der Waals surface area contributed by atoms with E-state index in [1.165, 1.54) is 19.3 Å². The molecule has 74 valence electrons. The zero-order valence-corrected chi connectivity index (χ0v) is 8.31. The molecular formula is C11H18O2. The molecule has 0 aromatic rings. The molecule has 0 bridgehead atoms. The monoisotopic (exact) mass is 182 g/mol. The van der Waals surface area contributed by atoms with Gasteiger partial charge in [0, 0.05) is 0 Å². The third kappa shape index (κ3) is 1.18. The molecule has 0 radical (unpaired) electrons. The van der Waals surface area contributed by atoms with E-state index in [2.05, 4.69) is 6.92 Å². The lowest BCUT2D eigenvalue weighted by molar-refractivity contribution is -0.150. The highest BCUT2D eigenvalue weighted by Crippen LogP contribution is 2.63. The fourth-order valence-electron chi connectivity index (χ4n) is 3.01. The van der Waals surface area contributed by atoms with E-state index in [0.717, 1.165) is 25.7 Å². The Labute approximate surface area is 79.3 Å². The third-order valence-electron chi connectivity index (χ3n) is 4.27. The smallest absolute Gasteiger partial charge is 0.310 e. The van der Waals surface area contributed by atoms with Crippen LogP contribution in [-0.2, 0) is 4.79 Å². The van der Waals surface area contributed by atoms with Crippen molar-refractivity contribution < 1.29 is 9.90 Å². The first-order valence-corrected chi connectivity index (χ1v) is 5.34. The Morgan fingerprint density at radius 3 is 2.00 bits per heavy atom. The van der Waals surface area contributed by atoms with Crippen LogP contribution in [0.5, 0.6) is 0 Å². The molecule has 2 fully saturated rings. The molecule has 2 nitrogen and oxygen atoms in total. The minimum absolute atomic E-state index is 0.108. The van der Waals surface area contributed by atoms with Crippen LogP contribution >= 0.6 is 0 Å². The third-order valence-corrected chi connectivity index (χ3v) is 4.27. The fourth-order valence-corrected chi connectivity index (χ4v) is 3.01. The standard InChI is InChI=1S/C11H18O2/c1-10(5-3-2-4-6-10)11(7-8-11)9(12)13/h2-8H2,1H3,(H,12,13). The molecule has 0 amide bonds. The lowest BCUT2D eigenvalue weighted by Gasteiger charge is -2.39. The summed E-state index contributed by atoms with van der Waals surface area (Å²) < 4.78 is 0. The molecule has 13 heavy (non-hydrogen) atoms. The van der Waals surface area contributed by atoms with Gasteiger partial charge in [0.2, 0.25) is 0 Å². The van der Waals surface area contributed by atoms with Crippen LogP contribution in [0.2, 0.25) is 0 Å². The first kappa shape index (κ1) is 9.04. The summed E-state index contributed by atoms with van der Waals surface area (Å²) in [6.07, 6.45) is 7.83. The molecule has 0 aromatic carbocycles. The van der Waals surface area contributed by atoms with Gasteiger partial charge in [0.15, 0.2) is 0 Å². The van der Waals surface area contributed by atoms with Gasteiger partial charge < -0.3 is 5.11 Å². The number of carbonyl (C=O) groups is 1. The van der Waals surface area contributed by atoms with Crippen molar-refractivity contribution in [3.63, 3.8) is 0 Å². The van der Waals surface area contributed by atoms with Gasteiger partial charge in [0.25, 0.3) is 0 Å². The van der Waals surface area contributed by atoms with Gasteiger partial charge in [0.1, 0.15) is 0 Å². The van der Waals surface area contributed by atoms with Gasteiger partial charge in [0.05, 0.1) is 5.41 Å². The molecule has 2 aliphatic rings. The Kier molecular flexibility index (Phi) is 1.90. The normalized spacial score (nSPS) is 29.6. The van der Waals surface area contributed by atoms with Crippen molar-refractivity contribution >= 4 is 5.97 Å². The fraction of sp³-hybridized carbons (Fsp3) is 0.909. The average Bonchev–Trinajstić information content (AvgIpc) is 2.85. The van der Waals surface area contributed by atoms with Gasteiger partial charge in [-0.05, 0) is 31.1 Å². The van der Waals surface area contributed by atoms with E-state index >= 15 is 0 Å². The number of hydrogen-bond donors (Lipinski definition) is 1. The van der Waals surface area contributed by atoms with Crippen molar-refractivity contribution in [3.05, 3.63) is 0 Å². The average molecular weight is 182 g/mol. The zero-order valence-electron chi connectivity index (χ0n) is 8.31. The number of rotatable bonds is 2. The number of carboxylic acid groups (broad SMARTS) is 1. The van der Waals surface area contributed by atoms with E-state index in [0.29, 0.717) is 0 Å². The highest BCUT2D eigenvalue weighted by atomic mass is 16.4. The second-order valence-electron chi connectivity index (χ2n) is 5.01. The van der Waals surface area contributed by atoms with Crippen LogP contribution in [0.4, 0.5) is 0 Å². The largest absolute Gasteiger partial charge is 0.481 e. The van der Waals surface area contributed by atoms with Crippen molar-refractivity contribution in [1.82, 2.24) is 0 Å². The van der Waals surface area contributed by atoms with Crippen molar-refractivity contribution in [2.45, 2.75) is 51.9 Å². The van der Waals surface area contributed by atoms with Crippen LogP contribution in [0.15, 0.2) is 0 Å². The Bertz CT molecular complexity index is 222. The molecule has 2 aliphatic carbocycles. The van der Waals surface area contributed by atoms with Crippen LogP contribution in [0, 0.1) is 10.8 Å². The Balaban J connectivity index is 2.17. The second-order valence-corrected chi connectivity index (χ2v) is 5.01. The van der Waals surface area contributed by atoms with Crippen LogP contribution in [0.25, 0.3) is 0 Å². The maximum atomic E-state index is 11.2. The van der Waals surface area contributed by atoms with E-state index < -0.39 is 5.97 Å². The Morgan fingerprint density at radius 1 is 1.08 bits per heavy atom. The minimum Gasteiger partial charge on any atom is -0.481 e. The van der Waals surface area contributed by atoms with Crippen LogP contribution < -0.4 is 0 Å². The van der Waals surface area contributed by atoms with Crippen molar-refractivity contribution in [2.75, 3.05) is 0 Å². The lowest BCUT2D eigenvalue weighted by atomic mass is 9.65. The van der Waals surface area contributed by atoms with Gasteiger partial charge in [-0.2, -0.15) is 0 Å². The zero-order chi connectivity index (χ0) is 9.53. The predicted molar refractivity (Wildman–Crippen MR) is 50.5 cm³/mol. The van der Waals surface area contributed by atoms with Gasteiger partial charge in [-0.1, -0.05) is 26.2 Å². The molecular weight excluding hydrogens is 164 g/mol. The quantitative estimate of drug-likeness (QED) is 0.713. The summed E-state index contributed by atoms with van der Waals surface area (Å²) in [6, 6.07) is 0. The summed E-state index contributed by atoms with van der Waals surface area (Å²) in [4.78, 5) is 11.2. The van der Waals surface area contributed by atoms with Crippen LogP contribution in [-0.4, -0.2) is 11.1 Å². The molecule has 0 unspecified atom stereocenters. The molecule has 2 heteroatoms. The number of carboxylic acids is 1. The molecule has 0 saturated heterocycles. The van der Waals surface area contributed by atoms with E-state index in [1.807, 2.05) is 0 Å². The molecule has 0 aromatic heterocycles. The van der Waals surface area contributed by atoms with Crippen molar-refractivity contribution in [3.8, 4) is 0 Å². The number of aliphatic carboxylic acids is 1. The van der Waals surface area contributed by atoms with E-state index in [1.54, 1.807) is 0 Å². The van der Waals surface area contributed by atoms with Crippen molar-refractivity contribution in [2.24, 2.45) is 10.8 Å². The summed E-state index contributed by atoms with van der Waals surface area (Å²) in [5.41, 5.74) is -0.218. The second kappa shape index (κ2) is 2.73. The minimum atomic E-state index is -0.545. The summed E-state index contributed by atoms with van der Waals surface area (Å²) >= 11 is 0. The molecule has 2 rings (SSSR count). The van der Waals surface area contributed by atoms with E-state index in [4.69, 9.17) is 0 Å².